The van der Waals surface area contributed by atoms with Crippen LogP contribution in [0.3, 0.4) is 0 Å². The van der Waals surface area contributed by atoms with Crippen LogP contribution < -0.4 is 0 Å². The van der Waals surface area contributed by atoms with Crippen molar-refractivity contribution in [2.75, 3.05) is 13.1 Å². The molecule has 0 amide bonds. The number of phenolic OH excluding ortho intramolecular Hbond substituents is 1. The van der Waals surface area contributed by atoms with Gasteiger partial charge >= 0.3 is 0 Å². The minimum Gasteiger partial charge on any atom is -0.506 e. The zero-order chi connectivity index (χ0) is 12.0. The minimum atomic E-state index is 0.375. The Morgan fingerprint density at radius 3 is 2.38 bits per heavy atom. The van der Waals surface area contributed by atoms with Crippen LogP contribution in [0.1, 0.15) is 32.3 Å². The fraction of sp³-hybridized carbons (Fsp3) is 0.538. The van der Waals surface area contributed by atoms with Crippen LogP contribution in [0.4, 0.5) is 0 Å². The Balaban J connectivity index is 2.72. The van der Waals surface area contributed by atoms with Crippen LogP contribution in [0.2, 0.25) is 0 Å². The van der Waals surface area contributed by atoms with E-state index >= 15 is 0 Å². The molecule has 0 fully saturated rings. The highest BCUT2D eigenvalue weighted by molar-refractivity contribution is 9.10. The van der Waals surface area contributed by atoms with E-state index in [1.165, 1.54) is 0 Å². The average molecular weight is 286 g/mol. The predicted octanol–water partition coefficient (Wildman–Crippen LogP) is 3.78. The molecule has 0 radical (unpaired) electrons. The lowest BCUT2D eigenvalue weighted by Gasteiger charge is -2.21. The molecule has 0 bridgehead atoms. The molecule has 1 rings (SSSR count). The van der Waals surface area contributed by atoms with Crippen molar-refractivity contribution in [1.29, 1.82) is 0 Å². The van der Waals surface area contributed by atoms with E-state index in [2.05, 4.69) is 34.7 Å². The summed E-state index contributed by atoms with van der Waals surface area (Å²) in [5.41, 5.74) is 0.997. The molecule has 0 aromatic heterocycles. The molecule has 1 aromatic carbocycles. The number of halogens is 1. The quantitative estimate of drug-likeness (QED) is 0.860. The Kier molecular flexibility index (Phi) is 5.85. The summed E-state index contributed by atoms with van der Waals surface area (Å²) in [6.07, 6.45) is 2.30. The molecule has 0 heterocycles. The fourth-order valence-electron chi connectivity index (χ4n) is 1.83. The SMILES string of the molecule is CCCN(CCC)Cc1cccc(Br)c1O. The van der Waals surface area contributed by atoms with Gasteiger partial charge in [0, 0.05) is 12.1 Å². The number of hydrogen-bond acceptors (Lipinski definition) is 2. The number of benzene rings is 1. The largest absolute Gasteiger partial charge is 0.506 e. The van der Waals surface area contributed by atoms with E-state index in [4.69, 9.17) is 0 Å². The smallest absolute Gasteiger partial charge is 0.134 e. The standard InChI is InChI=1S/C13H20BrNO/c1-3-8-15(9-4-2)10-11-6-5-7-12(14)13(11)16/h5-7,16H,3-4,8-10H2,1-2H3. The Hall–Kier alpha value is -0.540. The Morgan fingerprint density at radius 1 is 1.19 bits per heavy atom. The number of aromatic hydroxyl groups is 1. The van der Waals surface area contributed by atoms with E-state index in [9.17, 15) is 5.11 Å². The molecule has 0 saturated heterocycles. The first kappa shape index (κ1) is 13.5. The van der Waals surface area contributed by atoms with Crippen molar-refractivity contribution in [2.45, 2.75) is 33.2 Å². The fourth-order valence-corrected chi connectivity index (χ4v) is 2.24. The highest BCUT2D eigenvalue weighted by Crippen LogP contribution is 2.28. The number of nitrogens with zero attached hydrogens (tertiary/aromatic N) is 1. The summed E-state index contributed by atoms with van der Waals surface area (Å²) in [6, 6.07) is 5.82. The molecule has 90 valence electrons. The Labute approximate surface area is 106 Å². The predicted molar refractivity (Wildman–Crippen MR) is 71.7 cm³/mol. The van der Waals surface area contributed by atoms with E-state index in [-0.39, 0.29) is 0 Å². The lowest BCUT2D eigenvalue weighted by Crippen LogP contribution is -2.24. The minimum absolute atomic E-state index is 0.375. The molecule has 0 spiro atoms. The van der Waals surface area contributed by atoms with Crippen molar-refractivity contribution < 1.29 is 5.11 Å². The number of phenols is 1. The van der Waals surface area contributed by atoms with Gasteiger partial charge in [-0.2, -0.15) is 0 Å². The van der Waals surface area contributed by atoms with Crippen molar-refractivity contribution >= 4 is 15.9 Å². The second kappa shape index (κ2) is 6.92. The van der Waals surface area contributed by atoms with E-state index in [1.807, 2.05) is 18.2 Å². The van der Waals surface area contributed by atoms with Crippen molar-refractivity contribution in [3.05, 3.63) is 28.2 Å². The summed E-state index contributed by atoms with van der Waals surface area (Å²) in [5.74, 6) is 0.375. The highest BCUT2D eigenvalue weighted by Gasteiger charge is 2.09. The molecule has 2 nitrogen and oxygen atoms in total. The summed E-state index contributed by atoms with van der Waals surface area (Å²) in [6.45, 7) is 7.36. The van der Waals surface area contributed by atoms with E-state index in [0.717, 1.165) is 42.5 Å². The van der Waals surface area contributed by atoms with Gasteiger partial charge in [-0.05, 0) is 47.9 Å². The Morgan fingerprint density at radius 2 is 1.81 bits per heavy atom. The van der Waals surface area contributed by atoms with Gasteiger partial charge in [0.15, 0.2) is 0 Å². The van der Waals surface area contributed by atoms with Crippen LogP contribution in [0.15, 0.2) is 22.7 Å². The van der Waals surface area contributed by atoms with Crippen LogP contribution in [-0.4, -0.2) is 23.1 Å². The topological polar surface area (TPSA) is 23.5 Å². The molecule has 0 aliphatic heterocycles. The molecule has 0 saturated carbocycles. The zero-order valence-electron chi connectivity index (χ0n) is 10.0. The van der Waals surface area contributed by atoms with Crippen LogP contribution in [-0.2, 0) is 6.54 Å². The maximum absolute atomic E-state index is 9.91. The third kappa shape index (κ3) is 3.80. The van der Waals surface area contributed by atoms with Crippen LogP contribution >= 0.6 is 15.9 Å². The molecule has 0 aliphatic rings. The summed E-state index contributed by atoms with van der Waals surface area (Å²) in [4.78, 5) is 2.38. The third-order valence-electron chi connectivity index (χ3n) is 2.54. The first-order chi connectivity index (χ1) is 7.69. The summed E-state index contributed by atoms with van der Waals surface area (Å²) in [7, 11) is 0. The summed E-state index contributed by atoms with van der Waals surface area (Å²) >= 11 is 3.35. The molecule has 3 heteroatoms. The van der Waals surface area contributed by atoms with Crippen molar-refractivity contribution in [1.82, 2.24) is 4.90 Å². The van der Waals surface area contributed by atoms with Gasteiger partial charge < -0.3 is 5.11 Å². The molecule has 0 atom stereocenters. The second-order valence-corrected chi connectivity index (χ2v) is 4.88. The van der Waals surface area contributed by atoms with Crippen LogP contribution in [0.25, 0.3) is 0 Å². The molecule has 1 aromatic rings. The van der Waals surface area contributed by atoms with Gasteiger partial charge in [0.1, 0.15) is 5.75 Å². The molecule has 0 aliphatic carbocycles. The number of hydrogen-bond donors (Lipinski definition) is 1. The summed E-state index contributed by atoms with van der Waals surface area (Å²) in [5, 5.41) is 9.91. The van der Waals surface area contributed by atoms with E-state index in [1.54, 1.807) is 0 Å². The van der Waals surface area contributed by atoms with Gasteiger partial charge in [0.25, 0.3) is 0 Å². The number of para-hydroxylation sites is 1. The average Bonchev–Trinajstić information content (AvgIpc) is 2.25. The van der Waals surface area contributed by atoms with Gasteiger partial charge in [0.2, 0.25) is 0 Å². The maximum atomic E-state index is 9.91. The lowest BCUT2D eigenvalue weighted by atomic mass is 10.2. The molecular formula is C13H20BrNO. The molecule has 16 heavy (non-hydrogen) atoms. The van der Waals surface area contributed by atoms with E-state index < -0.39 is 0 Å². The van der Waals surface area contributed by atoms with Gasteiger partial charge in [-0.3, -0.25) is 4.90 Å². The van der Waals surface area contributed by atoms with Gasteiger partial charge in [-0.1, -0.05) is 26.0 Å². The monoisotopic (exact) mass is 285 g/mol. The normalized spacial score (nSPS) is 11.0. The van der Waals surface area contributed by atoms with Gasteiger partial charge in [0.05, 0.1) is 4.47 Å². The van der Waals surface area contributed by atoms with Gasteiger partial charge in [-0.15, -0.1) is 0 Å². The lowest BCUT2D eigenvalue weighted by molar-refractivity contribution is 0.262. The van der Waals surface area contributed by atoms with Crippen LogP contribution in [0.5, 0.6) is 5.75 Å². The van der Waals surface area contributed by atoms with Crippen molar-refractivity contribution in [2.24, 2.45) is 0 Å². The first-order valence-corrected chi connectivity index (χ1v) is 6.67. The Bertz CT molecular complexity index is 322. The van der Waals surface area contributed by atoms with E-state index in [0.29, 0.717) is 5.75 Å². The molecular weight excluding hydrogens is 266 g/mol. The number of rotatable bonds is 6. The second-order valence-electron chi connectivity index (χ2n) is 4.02. The molecule has 0 unspecified atom stereocenters. The highest BCUT2D eigenvalue weighted by atomic mass is 79.9. The molecule has 1 N–H and O–H groups in total. The van der Waals surface area contributed by atoms with Crippen LogP contribution in [0, 0.1) is 0 Å². The van der Waals surface area contributed by atoms with Gasteiger partial charge in [-0.25, -0.2) is 0 Å². The summed E-state index contributed by atoms with van der Waals surface area (Å²) < 4.78 is 0.776. The first-order valence-electron chi connectivity index (χ1n) is 5.87. The maximum Gasteiger partial charge on any atom is 0.134 e. The zero-order valence-corrected chi connectivity index (χ0v) is 11.6. The van der Waals surface area contributed by atoms with Crippen molar-refractivity contribution in [3.63, 3.8) is 0 Å². The third-order valence-corrected chi connectivity index (χ3v) is 3.18. The van der Waals surface area contributed by atoms with Crippen molar-refractivity contribution in [3.8, 4) is 5.75 Å².